The van der Waals surface area contributed by atoms with Crippen molar-refractivity contribution >= 4 is 11.7 Å². The lowest BCUT2D eigenvalue weighted by atomic mass is 9.90. The number of nitrogens with zero attached hydrogens (tertiary/aromatic N) is 1. The van der Waals surface area contributed by atoms with Crippen LogP contribution in [0.15, 0.2) is 11.1 Å². The molecule has 18 heavy (non-hydrogen) atoms. The van der Waals surface area contributed by atoms with Crippen molar-refractivity contribution in [3.8, 4) is 0 Å². The van der Waals surface area contributed by atoms with Crippen LogP contribution in [-0.2, 0) is 9.59 Å². The second-order valence-electron chi connectivity index (χ2n) is 4.67. The molecule has 1 rings (SSSR count). The van der Waals surface area contributed by atoms with Crippen molar-refractivity contribution in [1.82, 2.24) is 4.90 Å². The minimum absolute atomic E-state index is 0.0506. The van der Waals surface area contributed by atoms with E-state index in [0.717, 1.165) is 0 Å². The minimum atomic E-state index is -1.11. The van der Waals surface area contributed by atoms with Gasteiger partial charge in [-0.25, -0.2) is 0 Å². The average Bonchev–Trinajstić information content (AvgIpc) is 2.62. The molecule has 4 nitrogen and oxygen atoms in total. The van der Waals surface area contributed by atoms with Gasteiger partial charge in [-0.3, -0.25) is 9.59 Å². The predicted octanol–water partition coefficient (Wildman–Crippen LogP) is 1.68. The molecule has 1 unspecified atom stereocenters. The van der Waals surface area contributed by atoms with Gasteiger partial charge in [0.05, 0.1) is 11.2 Å². The molecule has 1 amide bonds. The van der Waals surface area contributed by atoms with Gasteiger partial charge < -0.3 is 10.0 Å². The Morgan fingerprint density at radius 1 is 1.28 bits per heavy atom. The maximum absolute atomic E-state index is 12.3. The number of carbonyl (C=O) groups is 2. The molecule has 0 heterocycles. The quantitative estimate of drug-likeness (QED) is 0.758. The molecule has 0 fully saturated rings. The van der Waals surface area contributed by atoms with Crippen molar-refractivity contribution in [2.45, 2.75) is 52.6 Å². The van der Waals surface area contributed by atoms with E-state index in [1.807, 2.05) is 27.7 Å². The first-order chi connectivity index (χ1) is 8.45. The van der Waals surface area contributed by atoms with Gasteiger partial charge in [-0.05, 0) is 32.3 Å². The van der Waals surface area contributed by atoms with E-state index in [4.69, 9.17) is 0 Å². The maximum Gasteiger partial charge on any atom is 0.257 e. The van der Waals surface area contributed by atoms with Gasteiger partial charge in [0.2, 0.25) is 0 Å². The number of hydrogen-bond donors (Lipinski definition) is 1. The number of hydrogen-bond acceptors (Lipinski definition) is 3. The molecule has 1 aliphatic carbocycles. The number of ketones is 1. The van der Waals surface area contributed by atoms with Gasteiger partial charge in [0.1, 0.15) is 0 Å². The molecule has 0 aromatic carbocycles. The molecule has 0 spiro atoms. The van der Waals surface area contributed by atoms with E-state index in [0.29, 0.717) is 31.5 Å². The Kier molecular flexibility index (Phi) is 4.68. The summed E-state index contributed by atoms with van der Waals surface area (Å²) in [5.74, 6) is -0.445. The van der Waals surface area contributed by atoms with Gasteiger partial charge in [-0.1, -0.05) is 13.8 Å². The Bertz CT molecular complexity index is 383. The van der Waals surface area contributed by atoms with E-state index in [1.54, 1.807) is 4.90 Å². The SMILES string of the molecule is CCC1=C(C(=O)N(CC)CC)C(=O)CC1(O)CC. The van der Waals surface area contributed by atoms with E-state index in [2.05, 4.69) is 0 Å². The third kappa shape index (κ3) is 2.34. The van der Waals surface area contributed by atoms with Gasteiger partial charge in [-0.15, -0.1) is 0 Å². The van der Waals surface area contributed by atoms with Gasteiger partial charge >= 0.3 is 0 Å². The van der Waals surface area contributed by atoms with Crippen LogP contribution in [0.4, 0.5) is 0 Å². The highest BCUT2D eigenvalue weighted by molar-refractivity contribution is 6.22. The van der Waals surface area contributed by atoms with Crippen LogP contribution < -0.4 is 0 Å². The van der Waals surface area contributed by atoms with E-state index in [9.17, 15) is 14.7 Å². The van der Waals surface area contributed by atoms with Gasteiger partial charge in [0.15, 0.2) is 5.78 Å². The average molecular weight is 253 g/mol. The topological polar surface area (TPSA) is 57.6 Å². The molecule has 0 aromatic rings. The van der Waals surface area contributed by atoms with E-state index < -0.39 is 5.60 Å². The number of Topliss-reactive ketones (excluding diaryl/α,β-unsaturated/α-hetero) is 1. The molecular formula is C14H23NO3. The summed E-state index contributed by atoms with van der Waals surface area (Å²) >= 11 is 0. The molecule has 0 bridgehead atoms. The zero-order chi connectivity index (χ0) is 13.9. The monoisotopic (exact) mass is 253 g/mol. The molecule has 102 valence electrons. The number of aliphatic hydroxyl groups is 1. The van der Waals surface area contributed by atoms with Gasteiger partial charge in [0, 0.05) is 19.5 Å². The second kappa shape index (κ2) is 5.65. The van der Waals surface area contributed by atoms with E-state index >= 15 is 0 Å². The van der Waals surface area contributed by atoms with Crippen LogP contribution in [0.25, 0.3) is 0 Å². The molecule has 0 saturated carbocycles. The van der Waals surface area contributed by atoms with Crippen molar-refractivity contribution in [2.75, 3.05) is 13.1 Å². The molecule has 1 atom stereocenters. The summed E-state index contributed by atoms with van der Waals surface area (Å²) in [6.45, 7) is 8.65. The molecule has 1 N–H and O–H groups in total. The summed E-state index contributed by atoms with van der Waals surface area (Å²) in [5, 5.41) is 10.4. The number of likely N-dealkylation sites (N-methyl/N-ethyl adjacent to an activating group) is 1. The summed E-state index contributed by atoms with van der Waals surface area (Å²) in [4.78, 5) is 26.0. The standard InChI is InChI=1S/C14H23NO3/c1-5-10-12(13(17)15(7-3)8-4)11(16)9-14(10,18)6-2/h18H,5-9H2,1-4H3. The van der Waals surface area contributed by atoms with E-state index in [1.165, 1.54) is 0 Å². The predicted molar refractivity (Wildman–Crippen MR) is 70.1 cm³/mol. The number of amides is 1. The van der Waals surface area contributed by atoms with Crippen LogP contribution >= 0.6 is 0 Å². The molecule has 0 aliphatic heterocycles. The summed E-state index contributed by atoms with van der Waals surface area (Å²) < 4.78 is 0. The highest BCUT2D eigenvalue weighted by Crippen LogP contribution is 2.38. The van der Waals surface area contributed by atoms with Crippen LogP contribution in [0.2, 0.25) is 0 Å². The van der Waals surface area contributed by atoms with Crippen LogP contribution in [0.3, 0.4) is 0 Å². The van der Waals surface area contributed by atoms with Crippen LogP contribution in [-0.4, -0.2) is 40.4 Å². The molecule has 4 heteroatoms. The number of carbonyl (C=O) groups excluding carboxylic acids is 2. The normalized spacial score (nSPS) is 23.7. The molecule has 0 radical (unpaired) electrons. The van der Waals surface area contributed by atoms with Crippen LogP contribution in [0, 0.1) is 0 Å². The first kappa shape index (κ1) is 14.9. The lowest BCUT2D eigenvalue weighted by Crippen LogP contribution is -2.33. The largest absolute Gasteiger partial charge is 0.385 e. The summed E-state index contributed by atoms with van der Waals surface area (Å²) in [6.07, 6.45) is 1.06. The number of rotatable bonds is 5. The fourth-order valence-corrected chi connectivity index (χ4v) is 2.62. The maximum atomic E-state index is 12.3. The van der Waals surface area contributed by atoms with Crippen LogP contribution in [0.1, 0.15) is 47.0 Å². The van der Waals surface area contributed by atoms with Crippen molar-refractivity contribution in [2.24, 2.45) is 0 Å². The Labute approximate surface area is 109 Å². The Morgan fingerprint density at radius 3 is 2.22 bits per heavy atom. The fraction of sp³-hybridized carbons (Fsp3) is 0.714. The summed E-state index contributed by atoms with van der Waals surface area (Å²) in [6, 6.07) is 0. The molecule has 0 aromatic heterocycles. The molecule has 1 aliphatic rings. The van der Waals surface area contributed by atoms with Crippen LogP contribution in [0.5, 0.6) is 0 Å². The minimum Gasteiger partial charge on any atom is -0.385 e. The van der Waals surface area contributed by atoms with Gasteiger partial charge in [-0.2, -0.15) is 0 Å². The fourth-order valence-electron chi connectivity index (χ4n) is 2.62. The van der Waals surface area contributed by atoms with Crippen molar-refractivity contribution in [3.63, 3.8) is 0 Å². The van der Waals surface area contributed by atoms with Gasteiger partial charge in [0.25, 0.3) is 5.91 Å². The van der Waals surface area contributed by atoms with E-state index in [-0.39, 0.29) is 23.7 Å². The smallest absolute Gasteiger partial charge is 0.257 e. The first-order valence-electron chi connectivity index (χ1n) is 6.73. The Balaban J connectivity index is 3.21. The summed E-state index contributed by atoms with van der Waals surface area (Å²) in [5.41, 5.74) is -0.262. The second-order valence-corrected chi connectivity index (χ2v) is 4.67. The zero-order valence-corrected chi connectivity index (χ0v) is 11.7. The third-order valence-corrected chi connectivity index (χ3v) is 3.80. The molecule has 0 saturated heterocycles. The highest BCUT2D eigenvalue weighted by atomic mass is 16.3. The van der Waals surface area contributed by atoms with Crippen molar-refractivity contribution in [1.29, 1.82) is 0 Å². The first-order valence-corrected chi connectivity index (χ1v) is 6.73. The lowest BCUT2D eigenvalue weighted by molar-refractivity contribution is -0.129. The molecular weight excluding hydrogens is 230 g/mol. The lowest BCUT2D eigenvalue weighted by Gasteiger charge is -2.24. The third-order valence-electron chi connectivity index (χ3n) is 3.80. The summed E-state index contributed by atoms with van der Waals surface area (Å²) in [7, 11) is 0. The zero-order valence-electron chi connectivity index (χ0n) is 11.7. The Morgan fingerprint density at radius 2 is 1.83 bits per heavy atom. The highest BCUT2D eigenvalue weighted by Gasteiger charge is 2.44. The van der Waals surface area contributed by atoms with Crippen molar-refractivity contribution in [3.05, 3.63) is 11.1 Å². The Hall–Kier alpha value is -1.16. The van der Waals surface area contributed by atoms with Crippen molar-refractivity contribution < 1.29 is 14.7 Å².